The molecule has 0 aliphatic carbocycles. The van der Waals surface area contributed by atoms with Gasteiger partial charge in [0.05, 0.1) is 6.54 Å². The Kier molecular flexibility index (Phi) is 4.29. The number of nitrogens with zero attached hydrogens (tertiary/aromatic N) is 1. The van der Waals surface area contributed by atoms with Gasteiger partial charge in [-0.15, -0.1) is 0 Å². The van der Waals surface area contributed by atoms with Gasteiger partial charge in [0.15, 0.2) is 0 Å². The summed E-state index contributed by atoms with van der Waals surface area (Å²) in [6.45, 7) is 2.04. The molecule has 0 aliphatic heterocycles. The van der Waals surface area contributed by atoms with Gasteiger partial charge >= 0.3 is 5.97 Å². The SMILES string of the molecule is CC(c1cccc(Br)c1)N(C)CC(=O)O. The molecule has 0 saturated heterocycles. The summed E-state index contributed by atoms with van der Waals surface area (Å²) in [6, 6.07) is 7.99. The number of carboxylic acid groups (broad SMARTS) is 1. The molecule has 4 heteroatoms. The summed E-state index contributed by atoms with van der Waals surface area (Å²) in [5, 5.41) is 8.68. The molecular formula is C11H14BrNO2. The van der Waals surface area contributed by atoms with Gasteiger partial charge in [-0.05, 0) is 31.7 Å². The molecule has 0 fully saturated rings. The maximum atomic E-state index is 10.6. The van der Waals surface area contributed by atoms with E-state index in [1.54, 1.807) is 11.9 Å². The highest BCUT2D eigenvalue weighted by atomic mass is 79.9. The predicted molar refractivity (Wildman–Crippen MR) is 62.8 cm³/mol. The molecule has 82 valence electrons. The Labute approximate surface area is 97.8 Å². The van der Waals surface area contributed by atoms with Crippen molar-refractivity contribution in [3.63, 3.8) is 0 Å². The van der Waals surface area contributed by atoms with Gasteiger partial charge in [-0.3, -0.25) is 9.69 Å². The van der Waals surface area contributed by atoms with Crippen molar-refractivity contribution >= 4 is 21.9 Å². The lowest BCUT2D eigenvalue weighted by atomic mass is 10.1. The molecule has 0 saturated carbocycles. The van der Waals surface area contributed by atoms with Crippen LogP contribution < -0.4 is 0 Å². The Bertz CT molecular complexity index is 354. The topological polar surface area (TPSA) is 40.5 Å². The highest BCUT2D eigenvalue weighted by Gasteiger charge is 2.13. The molecule has 3 nitrogen and oxygen atoms in total. The van der Waals surface area contributed by atoms with E-state index in [0.717, 1.165) is 10.0 Å². The number of benzene rings is 1. The second-order valence-corrected chi connectivity index (χ2v) is 4.46. The van der Waals surface area contributed by atoms with Crippen molar-refractivity contribution in [2.24, 2.45) is 0 Å². The molecule has 0 bridgehead atoms. The minimum Gasteiger partial charge on any atom is -0.480 e. The van der Waals surface area contributed by atoms with Crippen LogP contribution in [-0.2, 0) is 4.79 Å². The zero-order valence-corrected chi connectivity index (χ0v) is 10.4. The second kappa shape index (κ2) is 5.28. The van der Waals surface area contributed by atoms with Crippen LogP contribution in [-0.4, -0.2) is 29.6 Å². The van der Waals surface area contributed by atoms with Gasteiger partial charge in [0.25, 0.3) is 0 Å². The normalized spacial score (nSPS) is 12.8. The molecule has 0 spiro atoms. The van der Waals surface area contributed by atoms with Crippen molar-refractivity contribution in [3.8, 4) is 0 Å². The van der Waals surface area contributed by atoms with E-state index in [2.05, 4.69) is 15.9 Å². The van der Waals surface area contributed by atoms with E-state index in [1.807, 2.05) is 31.2 Å². The van der Waals surface area contributed by atoms with Crippen molar-refractivity contribution in [1.82, 2.24) is 4.90 Å². The molecule has 0 radical (unpaired) electrons. The standard InChI is InChI=1S/C11H14BrNO2/c1-8(13(2)7-11(14)15)9-4-3-5-10(12)6-9/h3-6,8H,7H2,1-2H3,(H,14,15). The number of aliphatic carboxylic acids is 1. The fourth-order valence-corrected chi connectivity index (χ4v) is 1.79. The Morgan fingerprint density at radius 1 is 1.60 bits per heavy atom. The van der Waals surface area contributed by atoms with Crippen LogP contribution in [0.5, 0.6) is 0 Å². The van der Waals surface area contributed by atoms with Crippen molar-refractivity contribution in [1.29, 1.82) is 0 Å². The number of hydrogen-bond acceptors (Lipinski definition) is 2. The van der Waals surface area contributed by atoms with Crippen LogP contribution in [0.15, 0.2) is 28.7 Å². The summed E-state index contributed by atoms with van der Waals surface area (Å²) < 4.78 is 1.01. The predicted octanol–water partition coefficient (Wildman–Crippen LogP) is 2.53. The van der Waals surface area contributed by atoms with E-state index in [4.69, 9.17) is 5.11 Å². The molecule has 1 aromatic carbocycles. The molecule has 1 aromatic rings. The average molecular weight is 272 g/mol. The first-order valence-corrected chi connectivity index (χ1v) is 5.47. The third-order valence-electron chi connectivity index (χ3n) is 2.38. The molecule has 15 heavy (non-hydrogen) atoms. The van der Waals surface area contributed by atoms with Crippen LogP contribution in [0, 0.1) is 0 Å². The van der Waals surface area contributed by atoms with Crippen LogP contribution in [0.1, 0.15) is 18.5 Å². The highest BCUT2D eigenvalue weighted by molar-refractivity contribution is 9.10. The van der Waals surface area contributed by atoms with Crippen LogP contribution in [0.3, 0.4) is 0 Å². The van der Waals surface area contributed by atoms with Crippen LogP contribution in [0.2, 0.25) is 0 Å². The van der Waals surface area contributed by atoms with Crippen molar-refractivity contribution in [2.45, 2.75) is 13.0 Å². The first-order chi connectivity index (χ1) is 7.00. The van der Waals surface area contributed by atoms with Gasteiger partial charge in [-0.1, -0.05) is 28.1 Å². The van der Waals surface area contributed by atoms with Gasteiger partial charge < -0.3 is 5.11 Å². The molecule has 1 N–H and O–H groups in total. The summed E-state index contributed by atoms with van der Waals surface area (Å²) in [7, 11) is 1.81. The van der Waals surface area contributed by atoms with Gasteiger partial charge in [-0.2, -0.15) is 0 Å². The second-order valence-electron chi connectivity index (χ2n) is 3.54. The van der Waals surface area contributed by atoms with Crippen molar-refractivity contribution < 1.29 is 9.90 Å². The first kappa shape index (κ1) is 12.2. The maximum absolute atomic E-state index is 10.6. The molecule has 0 aliphatic rings. The monoisotopic (exact) mass is 271 g/mol. The fourth-order valence-electron chi connectivity index (χ4n) is 1.37. The molecule has 0 amide bonds. The summed E-state index contributed by atoms with van der Waals surface area (Å²) >= 11 is 3.40. The summed E-state index contributed by atoms with van der Waals surface area (Å²) in [5.41, 5.74) is 1.10. The van der Waals surface area contributed by atoms with Gasteiger partial charge in [0.1, 0.15) is 0 Å². The third kappa shape index (κ3) is 3.64. The van der Waals surface area contributed by atoms with Crippen LogP contribution in [0.4, 0.5) is 0 Å². The Balaban J connectivity index is 2.75. The van der Waals surface area contributed by atoms with E-state index in [1.165, 1.54) is 0 Å². The number of carbonyl (C=O) groups is 1. The highest BCUT2D eigenvalue weighted by Crippen LogP contribution is 2.21. The molecule has 0 heterocycles. The van der Waals surface area contributed by atoms with Gasteiger partial charge in [0.2, 0.25) is 0 Å². The minimum absolute atomic E-state index is 0.0493. The summed E-state index contributed by atoms with van der Waals surface area (Å²) in [5.74, 6) is -0.806. The van der Waals surface area contributed by atoms with E-state index in [9.17, 15) is 4.79 Å². The van der Waals surface area contributed by atoms with Gasteiger partial charge in [0, 0.05) is 10.5 Å². The summed E-state index contributed by atoms with van der Waals surface area (Å²) in [4.78, 5) is 12.4. The van der Waals surface area contributed by atoms with E-state index in [-0.39, 0.29) is 12.6 Å². The maximum Gasteiger partial charge on any atom is 0.317 e. The number of halogens is 1. The molecule has 1 rings (SSSR count). The molecule has 1 unspecified atom stereocenters. The number of carboxylic acids is 1. The average Bonchev–Trinajstić information content (AvgIpc) is 2.15. The largest absolute Gasteiger partial charge is 0.480 e. The van der Waals surface area contributed by atoms with E-state index >= 15 is 0 Å². The fraction of sp³-hybridized carbons (Fsp3) is 0.364. The number of likely N-dealkylation sites (N-methyl/N-ethyl adjacent to an activating group) is 1. The minimum atomic E-state index is -0.806. The Morgan fingerprint density at radius 2 is 2.27 bits per heavy atom. The van der Waals surface area contributed by atoms with Crippen molar-refractivity contribution in [2.75, 3.05) is 13.6 Å². The lowest BCUT2D eigenvalue weighted by Gasteiger charge is -2.23. The van der Waals surface area contributed by atoms with Crippen LogP contribution >= 0.6 is 15.9 Å². The Hall–Kier alpha value is -0.870. The summed E-state index contributed by atoms with van der Waals surface area (Å²) in [6.07, 6.45) is 0. The lowest BCUT2D eigenvalue weighted by Crippen LogP contribution is -2.28. The Morgan fingerprint density at radius 3 is 2.80 bits per heavy atom. The zero-order valence-electron chi connectivity index (χ0n) is 8.77. The van der Waals surface area contributed by atoms with E-state index < -0.39 is 5.97 Å². The quantitative estimate of drug-likeness (QED) is 0.915. The number of rotatable bonds is 4. The van der Waals surface area contributed by atoms with Gasteiger partial charge in [-0.25, -0.2) is 0 Å². The molecule has 1 atom stereocenters. The van der Waals surface area contributed by atoms with E-state index in [0.29, 0.717) is 0 Å². The number of hydrogen-bond donors (Lipinski definition) is 1. The van der Waals surface area contributed by atoms with Crippen LogP contribution in [0.25, 0.3) is 0 Å². The van der Waals surface area contributed by atoms with Crippen molar-refractivity contribution in [3.05, 3.63) is 34.3 Å². The third-order valence-corrected chi connectivity index (χ3v) is 2.87. The smallest absolute Gasteiger partial charge is 0.317 e. The zero-order chi connectivity index (χ0) is 11.4. The lowest BCUT2D eigenvalue weighted by molar-refractivity contribution is -0.138. The molecular weight excluding hydrogens is 258 g/mol. The molecule has 0 aromatic heterocycles. The first-order valence-electron chi connectivity index (χ1n) is 4.68.